The van der Waals surface area contributed by atoms with E-state index in [1.165, 1.54) is 5.56 Å². The Hall–Kier alpha value is -4.68. The van der Waals surface area contributed by atoms with Crippen molar-refractivity contribution in [3.63, 3.8) is 0 Å². The summed E-state index contributed by atoms with van der Waals surface area (Å²) in [7, 11) is 1.55. The highest BCUT2D eigenvalue weighted by Crippen LogP contribution is 2.38. The highest BCUT2D eigenvalue weighted by molar-refractivity contribution is 5.93. The SMILES string of the molecule is COc1ccc(OC(=O)NC2CCc3ccn4c3C2C(=O)CC(C(=O)NC(CC(=O)OC(C)(C)C)C(O)COCCCc2ccccc2)C4)cc1. The zero-order chi connectivity index (χ0) is 36.5. The molecule has 1 aromatic heterocycles. The van der Waals surface area contributed by atoms with Gasteiger partial charge in [0, 0.05) is 37.5 Å². The standard InChI is InChI=1S/C39H49N3O9/c1-39(2,3)51-34(45)22-31(33(44)24-49-20-8-11-25-9-6-5-7-10-25)40-37(46)27-21-32(43)35-30(17-12-26-18-19-42(23-27)36(26)35)41-38(47)50-29-15-13-28(48-4)14-16-29/h5-7,9-10,13-16,18-19,27,30-31,33,35,44H,8,11-12,17,20-24H2,1-4H3,(H,40,46)(H,41,47). The van der Waals surface area contributed by atoms with Crippen molar-refractivity contribution in [2.45, 2.75) is 95.5 Å². The number of ketones is 1. The number of ether oxygens (including phenoxy) is 4. The first-order valence-corrected chi connectivity index (χ1v) is 17.5. The molecule has 2 amide bonds. The van der Waals surface area contributed by atoms with Crippen LogP contribution in [0.2, 0.25) is 0 Å². The number of benzene rings is 2. The molecule has 1 aliphatic heterocycles. The van der Waals surface area contributed by atoms with Gasteiger partial charge in [-0.1, -0.05) is 30.3 Å². The van der Waals surface area contributed by atoms with E-state index in [0.29, 0.717) is 30.9 Å². The normalized spacial score (nSPS) is 19.5. The summed E-state index contributed by atoms with van der Waals surface area (Å²) in [6, 6.07) is 17.0. The van der Waals surface area contributed by atoms with E-state index in [1.807, 2.05) is 47.2 Å². The lowest BCUT2D eigenvalue weighted by Gasteiger charge is -2.31. The van der Waals surface area contributed by atoms with Gasteiger partial charge in [0.15, 0.2) is 0 Å². The minimum Gasteiger partial charge on any atom is -0.497 e. The first-order valence-electron chi connectivity index (χ1n) is 17.5. The second-order valence-corrected chi connectivity index (χ2v) is 14.2. The highest BCUT2D eigenvalue weighted by atomic mass is 16.6. The molecule has 12 heteroatoms. The van der Waals surface area contributed by atoms with Crippen molar-refractivity contribution in [1.29, 1.82) is 0 Å². The molecule has 1 aliphatic carbocycles. The average molecular weight is 704 g/mol. The van der Waals surface area contributed by atoms with E-state index in [9.17, 15) is 24.3 Å². The number of hydrogen-bond acceptors (Lipinski definition) is 9. The van der Waals surface area contributed by atoms with Gasteiger partial charge in [0.2, 0.25) is 5.91 Å². The maximum Gasteiger partial charge on any atom is 0.412 e. The maximum absolute atomic E-state index is 13.9. The smallest absolute Gasteiger partial charge is 0.412 e. The number of methoxy groups -OCH3 is 1. The van der Waals surface area contributed by atoms with Crippen LogP contribution in [0.15, 0.2) is 66.9 Å². The van der Waals surface area contributed by atoms with Crippen molar-refractivity contribution in [3.8, 4) is 11.5 Å². The molecule has 5 unspecified atom stereocenters. The van der Waals surface area contributed by atoms with E-state index in [-0.39, 0.29) is 31.8 Å². The molecule has 2 heterocycles. The van der Waals surface area contributed by atoms with Crippen LogP contribution in [0.1, 0.15) is 69.2 Å². The minimum absolute atomic E-state index is 0.0887. The summed E-state index contributed by atoms with van der Waals surface area (Å²) >= 11 is 0. The van der Waals surface area contributed by atoms with E-state index in [1.54, 1.807) is 52.1 Å². The lowest BCUT2D eigenvalue weighted by molar-refractivity contribution is -0.156. The van der Waals surface area contributed by atoms with E-state index >= 15 is 0 Å². The Kier molecular flexibility index (Phi) is 12.5. The molecule has 3 aromatic rings. The Morgan fingerprint density at radius 3 is 2.45 bits per heavy atom. The van der Waals surface area contributed by atoms with Crippen LogP contribution in [-0.2, 0) is 43.2 Å². The maximum atomic E-state index is 13.9. The monoisotopic (exact) mass is 703 g/mol. The van der Waals surface area contributed by atoms with Crippen LogP contribution in [0, 0.1) is 5.92 Å². The van der Waals surface area contributed by atoms with Crippen molar-refractivity contribution < 1.29 is 43.2 Å². The van der Waals surface area contributed by atoms with Gasteiger partial charge in [-0.05, 0) is 87.9 Å². The van der Waals surface area contributed by atoms with E-state index in [0.717, 1.165) is 24.1 Å². The zero-order valence-corrected chi connectivity index (χ0v) is 29.8. The van der Waals surface area contributed by atoms with Crippen LogP contribution in [0.4, 0.5) is 4.79 Å². The molecule has 5 rings (SSSR count). The quantitative estimate of drug-likeness (QED) is 0.163. The number of amides is 2. The largest absolute Gasteiger partial charge is 0.497 e. The lowest BCUT2D eigenvalue weighted by atomic mass is 9.79. The molecule has 0 saturated carbocycles. The molecule has 3 N–H and O–H groups in total. The van der Waals surface area contributed by atoms with Crippen molar-refractivity contribution in [2.24, 2.45) is 5.92 Å². The molecule has 5 atom stereocenters. The molecule has 2 aromatic carbocycles. The number of nitrogens with one attached hydrogen (secondary N) is 2. The number of esters is 1. The molecule has 51 heavy (non-hydrogen) atoms. The van der Waals surface area contributed by atoms with Gasteiger partial charge >= 0.3 is 12.1 Å². The third kappa shape index (κ3) is 10.4. The number of carbonyl (C=O) groups excluding carboxylic acids is 4. The van der Waals surface area contributed by atoms with Gasteiger partial charge in [-0.3, -0.25) is 14.4 Å². The van der Waals surface area contributed by atoms with Crippen LogP contribution in [0.3, 0.4) is 0 Å². The molecule has 0 spiro atoms. The summed E-state index contributed by atoms with van der Waals surface area (Å²) in [5.74, 6) is -1.73. The molecule has 0 radical (unpaired) electrons. The van der Waals surface area contributed by atoms with Crippen molar-refractivity contribution in [3.05, 3.63) is 83.7 Å². The fourth-order valence-corrected chi connectivity index (χ4v) is 6.75. The second kappa shape index (κ2) is 17.0. The Labute approximate surface area is 298 Å². The number of aromatic nitrogens is 1. The van der Waals surface area contributed by atoms with Crippen LogP contribution in [0.25, 0.3) is 0 Å². The number of aryl methyl sites for hydroxylation is 2. The van der Waals surface area contributed by atoms with Crippen LogP contribution >= 0.6 is 0 Å². The van der Waals surface area contributed by atoms with Gasteiger partial charge < -0.3 is 39.3 Å². The fourth-order valence-electron chi connectivity index (χ4n) is 6.75. The van der Waals surface area contributed by atoms with Crippen LogP contribution < -0.4 is 20.1 Å². The Balaban J connectivity index is 1.23. The lowest BCUT2D eigenvalue weighted by Crippen LogP contribution is -2.49. The number of hydrogen-bond donors (Lipinski definition) is 3. The van der Waals surface area contributed by atoms with Crippen molar-refractivity contribution in [1.82, 2.24) is 15.2 Å². The number of aliphatic hydroxyl groups excluding tert-OH is 1. The third-order valence-electron chi connectivity index (χ3n) is 9.16. The van der Waals surface area contributed by atoms with Crippen molar-refractivity contribution >= 4 is 23.8 Å². The van der Waals surface area contributed by atoms with Gasteiger partial charge in [0.05, 0.1) is 44.1 Å². The Morgan fingerprint density at radius 2 is 1.75 bits per heavy atom. The van der Waals surface area contributed by atoms with Gasteiger partial charge in [-0.25, -0.2) is 4.79 Å². The summed E-state index contributed by atoms with van der Waals surface area (Å²) in [6.45, 7) is 5.74. The average Bonchev–Trinajstić information content (AvgIpc) is 3.42. The molecule has 0 saturated heterocycles. The number of rotatable bonds is 14. The van der Waals surface area contributed by atoms with E-state index < -0.39 is 53.6 Å². The highest BCUT2D eigenvalue weighted by Gasteiger charge is 2.43. The zero-order valence-electron chi connectivity index (χ0n) is 29.8. The van der Waals surface area contributed by atoms with Gasteiger partial charge in [0.25, 0.3) is 0 Å². The Morgan fingerprint density at radius 1 is 1.02 bits per heavy atom. The topological polar surface area (TPSA) is 154 Å². The number of aliphatic hydroxyl groups is 1. The summed E-state index contributed by atoms with van der Waals surface area (Å²) in [4.78, 5) is 53.6. The predicted octanol–water partition coefficient (Wildman–Crippen LogP) is 4.50. The summed E-state index contributed by atoms with van der Waals surface area (Å²) < 4.78 is 23.8. The molecule has 0 bridgehead atoms. The first kappa shape index (κ1) is 37.6. The van der Waals surface area contributed by atoms with Gasteiger partial charge in [0.1, 0.15) is 22.9 Å². The summed E-state index contributed by atoms with van der Waals surface area (Å²) in [5.41, 5.74) is 2.21. The van der Waals surface area contributed by atoms with Gasteiger partial charge in [-0.15, -0.1) is 0 Å². The summed E-state index contributed by atoms with van der Waals surface area (Å²) in [6.07, 6.45) is 2.34. The first-order chi connectivity index (χ1) is 24.4. The van der Waals surface area contributed by atoms with Crippen LogP contribution in [0.5, 0.6) is 11.5 Å². The molecule has 274 valence electrons. The number of Topliss-reactive ketones (excluding diaryl/α,β-unsaturated/α-hetero) is 1. The molecule has 0 fully saturated rings. The molecule has 12 nitrogen and oxygen atoms in total. The summed E-state index contributed by atoms with van der Waals surface area (Å²) in [5, 5.41) is 16.9. The Bertz CT molecular complexity index is 1650. The molecular weight excluding hydrogens is 654 g/mol. The van der Waals surface area contributed by atoms with Gasteiger partial charge in [-0.2, -0.15) is 0 Å². The van der Waals surface area contributed by atoms with Crippen LogP contribution in [-0.4, -0.2) is 77.5 Å². The number of carbonyl (C=O) groups is 4. The van der Waals surface area contributed by atoms with E-state index in [2.05, 4.69) is 10.6 Å². The second-order valence-electron chi connectivity index (χ2n) is 14.2. The minimum atomic E-state index is -1.20. The molecule has 2 aliphatic rings. The fraction of sp³-hybridized carbons (Fsp3) is 0.487. The third-order valence-corrected chi connectivity index (χ3v) is 9.16. The predicted molar refractivity (Wildman–Crippen MR) is 189 cm³/mol. The van der Waals surface area contributed by atoms with Crippen molar-refractivity contribution in [2.75, 3.05) is 20.3 Å². The van der Waals surface area contributed by atoms with E-state index in [4.69, 9.17) is 18.9 Å². The number of nitrogens with zero attached hydrogens (tertiary/aromatic N) is 1. The molecular formula is C39H49N3O9.